The Bertz CT molecular complexity index is 456. The van der Waals surface area contributed by atoms with Crippen molar-refractivity contribution < 1.29 is 14.1 Å². The maximum absolute atomic E-state index is 12.0. The van der Waals surface area contributed by atoms with E-state index in [2.05, 4.69) is 15.5 Å². The van der Waals surface area contributed by atoms with Crippen molar-refractivity contribution in [2.45, 2.75) is 44.7 Å². The smallest absolute Gasteiger partial charge is 0.249 e. The molecule has 7 nitrogen and oxygen atoms in total. The van der Waals surface area contributed by atoms with E-state index < -0.39 is 6.04 Å². The molecule has 1 aromatic heterocycles. The van der Waals surface area contributed by atoms with Crippen LogP contribution >= 0.6 is 0 Å². The molecule has 0 spiro atoms. The van der Waals surface area contributed by atoms with Gasteiger partial charge in [0, 0.05) is 13.0 Å². The van der Waals surface area contributed by atoms with Crippen LogP contribution in [0.2, 0.25) is 0 Å². The maximum atomic E-state index is 12.0. The molecule has 0 saturated heterocycles. The molecule has 112 valence electrons. The minimum Gasteiger partial charge on any atom is -0.383 e. The highest BCUT2D eigenvalue weighted by Gasteiger charge is 2.32. The van der Waals surface area contributed by atoms with Gasteiger partial charge in [-0.3, -0.25) is 4.79 Å². The number of carbonyl (C=O) groups excluding carboxylic acids is 1. The highest BCUT2D eigenvalue weighted by Crippen LogP contribution is 2.38. The summed E-state index contributed by atoms with van der Waals surface area (Å²) in [7, 11) is 1.51. The van der Waals surface area contributed by atoms with Crippen LogP contribution < -0.4 is 11.1 Å². The third-order valence-corrected chi connectivity index (χ3v) is 3.31. The second-order valence-electron chi connectivity index (χ2n) is 5.56. The van der Waals surface area contributed by atoms with Crippen molar-refractivity contribution in [3.05, 3.63) is 11.7 Å². The Kier molecular flexibility index (Phi) is 4.72. The Morgan fingerprint density at radius 2 is 2.25 bits per heavy atom. The predicted octanol–water partition coefficient (Wildman–Crippen LogP) is 0.734. The van der Waals surface area contributed by atoms with Gasteiger partial charge in [0.25, 0.3) is 0 Å². The molecule has 3 N–H and O–H groups in total. The average molecular weight is 282 g/mol. The van der Waals surface area contributed by atoms with Crippen molar-refractivity contribution in [2.24, 2.45) is 11.7 Å². The van der Waals surface area contributed by atoms with Gasteiger partial charge in [-0.05, 0) is 18.8 Å². The van der Waals surface area contributed by atoms with E-state index in [9.17, 15) is 4.79 Å². The van der Waals surface area contributed by atoms with Crippen LogP contribution in [0.25, 0.3) is 0 Å². The fourth-order valence-electron chi connectivity index (χ4n) is 1.91. The fourth-order valence-corrected chi connectivity index (χ4v) is 1.91. The molecule has 1 aromatic rings. The van der Waals surface area contributed by atoms with E-state index >= 15 is 0 Å². The molecule has 7 heteroatoms. The first-order chi connectivity index (χ1) is 9.52. The number of carbonyl (C=O) groups is 1. The summed E-state index contributed by atoms with van der Waals surface area (Å²) >= 11 is 0. The highest BCUT2D eigenvalue weighted by atomic mass is 16.5. The number of methoxy groups -OCH3 is 1. The first kappa shape index (κ1) is 14.9. The lowest BCUT2D eigenvalue weighted by Gasteiger charge is -2.20. The summed E-state index contributed by atoms with van der Waals surface area (Å²) in [6.07, 6.45) is 2.22. The Balaban J connectivity index is 2.03. The largest absolute Gasteiger partial charge is 0.383 e. The summed E-state index contributed by atoms with van der Waals surface area (Å²) < 4.78 is 10.2. The zero-order valence-electron chi connectivity index (χ0n) is 12.1. The summed E-state index contributed by atoms with van der Waals surface area (Å²) in [6, 6.07) is -1.03. The minimum atomic E-state index is -0.702. The van der Waals surface area contributed by atoms with Gasteiger partial charge in [0.2, 0.25) is 11.8 Å². The molecular weight excluding hydrogens is 260 g/mol. The topological polar surface area (TPSA) is 103 Å². The van der Waals surface area contributed by atoms with Gasteiger partial charge in [-0.25, -0.2) is 0 Å². The molecule has 2 atom stereocenters. The monoisotopic (exact) mass is 282 g/mol. The number of nitrogens with two attached hydrogens (primary N) is 1. The van der Waals surface area contributed by atoms with Gasteiger partial charge in [-0.1, -0.05) is 19.0 Å². The second-order valence-corrected chi connectivity index (χ2v) is 5.56. The summed E-state index contributed by atoms with van der Waals surface area (Å²) in [4.78, 5) is 16.4. The molecule has 1 aliphatic rings. The number of ether oxygens (including phenoxy) is 1. The number of aromatic nitrogens is 2. The molecular formula is C13H22N4O3. The Hall–Kier alpha value is -1.47. The van der Waals surface area contributed by atoms with Crippen molar-refractivity contribution in [3.8, 4) is 0 Å². The first-order valence-electron chi connectivity index (χ1n) is 6.91. The molecule has 1 saturated carbocycles. The molecule has 0 bridgehead atoms. The van der Waals surface area contributed by atoms with Crippen LogP contribution in [0.15, 0.2) is 4.52 Å². The number of hydrogen-bond acceptors (Lipinski definition) is 6. The minimum absolute atomic E-state index is 0.126. The highest BCUT2D eigenvalue weighted by molar-refractivity contribution is 5.81. The lowest BCUT2D eigenvalue weighted by atomic mass is 10.0. The van der Waals surface area contributed by atoms with Crippen LogP contribution in [-0.2, 0) is 9.53 Å². The van der Waals surface area contributed by atoms with Crippen molar-refractivity contribution >= 4 is 5.91 Å². The van der Waals surface area contributed by atoms with E-state index in [1.54, 1.807) is 0 Å². The standard InChI is InChI=1S/C13H22N4O3/c1-7(2)10(15-12(18)9(14)6-19-3)13-16-11(17-20-13)8-4-5-8/h7-10H,4-6,14H2,1-3H3,(H,15,18). The van der Waals surface area contributed by atoms with Crippen molar-refractivity contribution in [1.29, 1.82) is 0 Å². The fraction of sp³-hybridized carbons (Fsp3) is 0.769. The Labute approximate surface area is 118 Å². The van der Waals surface area contributed by atoms with E-state index in [4.69, 9.17) is 15.0 Å². The van der Waals surface area contributed by atoms with Crippen LogP contribution in [0.4, 0.5) is 0 Å². The lowest BCUT2D eigenvalue weighted by molar-refractivity contribution is -0.124. The summed E-state index contributed by atoms with van der Waals surface area (Å²) in [5.74, 6) is 1.45. The second kappa shape index (κ2) is 6.32. The van der Waals surface area contributed by atoms with Crippen LogP contribution in [0.3, 0.4) is 0 Å². The third-order valence-electron chi connectivity index (χ3n) is 3.31. The average Bonchev–Trinajstić information content (AvgIpc) is 3.14. The number of nitrogens with zero attached hydrogens (tertiary/aromatic N) is 2. The van der Waals surface area contributed by atoms with Crippen LogP contribution in [0.1, 0.15) is 50.4 Å². The molecule has 0 aromatic carbocycles. The maximum Gasteiger partial charge on any atom is 0.249 e. The van der Waals surface area contributed by atoms with Crippen LogP contribution in [0.5, 0.6) is 0 Å². The summed E-state index contributed by atoms with van der Waals surface area (Å²) in [5, 5.41) is 6.83. The van der Waals surface area contributed by atoms with Crippen molar-refractivity contribution in [1.82, 2.24) is 15.5 Å². The first-order valence-corrected chi connectivity index (χ1v) is 6.91. The van der Waals surface area contributed by atoms with Gasteiger partial charge < -0.3 is 20.3 Å². The number of hydrogen-bond donors (Lipinski definition) is 2. The molecule has 1 amide bonds. The van der Waals surface area contributed by atoms with E-state index in [-0.39, 0.29) is 24.5 Å². The van der Waals surface area contributed by atoms with E-state index in [0.29, 0.717) is 11.8 Å². The van der Waals surface area contributed by atoms with Gasteiger partial charge in [0.05, 0.1) is 6.61 Å². The normalized spacial score (nSPS) is 18.1. The number of amides is 1. The SMILES string of the molecule is COCC(N)C(=O)NC(c1nc(C2CC2)no1)C(C)C. The molecule has 2 rings (SSSR count). The molecule has 1 aliphatic carbocycles. The summed E-state index contributed by atoms with van der Waals surface area (Å²) in [6.45, 7) is 4.13. The predicted molar refractivity (Wildman–Crippen MR) is 71.8 cm³/mol. The molecule has 1 heterocycles. The van der Waals surface area contributed by atoms with Crippen LogP contribution in [-0.4, -0.2) is 35.8 Å². The van der Waals surface area contributed by atoms with E-state index in [1.165, 1.54) is 7.11 Å². The van der Waals surface area contributed by atoms with Gasteiger partial charge in [0.15, 0.2) is 5.82 Å². The third kappa shape index (κ3) is 3.55. The number of rotatable bonds is 7. The van der Waals surface area contributed by atoms with Gasteiger partial charge >= 0.3 is 0 Å². The zero-order chi connectivity index (χ0) is 14.7. The Morgan fingerprint density at radius 1 is 1.55 bits per heavy atom. The summed E-state index contributed by atoms with van der Waals surface area (Å²) in [5.41, 5.74) is 5.71. The van der Waals surface area contributed by atoms with Crippen LogP contribution in [0, 0.1) is 5.92 Å². The molecule has 0 radical (unpaired) electrons. The number of nitrogens with one attached hydrogen (secondary N) is 1. The van der Waals surface area contributed by atoms with Crippen molar-refractivity contribution in [2.75, 3.05) is 13.7 Å². The van der Waals surface area contributed by atoms with Gasteiger partial charge in [-0.2, -0.15) is 4.98 Å². The molecule has 0 aliphatic heterocycles. The zero-order valence-corrected chi connectivity index (χ0v) is 12.1. The van der Waals surface area contributed by atoms with E-state index in [1.807, 2.05) is 13.8 Å². The van der Waals surface area contributed by atoms with Crippen molar-refractivity contribution in [3.63, 3.8) is 0 Å². The molecule has 2 unspecified atom stereocenters. The quantitative estimate of drug-likeness (QED) is 0.764. The molecule has 20 heavy (non-hydrogen) atoms. The van der Waals surface area contributed by atoms with Gasteiger partial charge in [0.1, 0.15) is 12.1 Å². The van der Waals surface area contributed by atoms with E-state index in [0.717, 1.165) is 18.7 Å². The van der Waals surface area contributed by atoms with Gasteiger partial charge in [-0.15, -0.1) is 0 Å². The Morgan fingerprint density at radius 3 is 2.80 bits per heavy atom. The lowest BCUT2D eigenvalue weighted by Crippen LogP contribution is -2.45. The molecule has 1 fully saturated rings.